The Labute approximate surface area is 185 Å². The van der Waals surface area contributed by atoms with E-state index in [1.54, 1.807) is 18.5 Å². The third kappa shape index (κ3) is 3.82. The van der Waals surface area contributed by atoms with Gasteiger partial charge < -0.3 is 14.8 Å². The van der Waals surface area contributed by atoms with E-state index in [-0.39, 0.29) is 10.9 Å². The van der Waals surface area contributed by atoms with Gasteiger partial charge in [-0.3, -0.25) is 9.71 Å². The molecule has 11 heteroatoms. The van der Waals surface area contributed by atoms with Crippen LogP contribution in [0, 0.1) is 0 Å². The van der Waals surface area contributed by atoms with E-state index in [1.807, 2.05) is 25.4 Å². The van der Waals surface area contributed by atoms with Gasteiger partial charge in [0.2, 0.25) is 0 Å². The van der Waals surface area contributed by atoms with Gasteiger partial charge in [0.05, 0.1) is 17.3 Å². The molecule has 5 rings (SSSR count). The van der Waals surface area contributed by atoms with Crippen LogP contribution in [-0.4, -0.2) is 59.5 Å². The Morgan fingerprint density at radius 1 is 1.16 bits per heavy atom. The zero-order valence-electron chi connectivity index (χ0n) is 17.4. The van der Waals surface area contributed by atoms with Crippen LogP contribution in [0.3, 0.4) is 0 Å². The fourth-order valence-corrected chi connectivity index (χ4v) is 4.93. The van der Waals surface area contributed by atoms with Crippen LogP contribution in [-0.2, 0) is 10.0 Å². The molecule has 1 fully saturated rings. The van der Waals surface area contributed by atoms with Gasteiger partial charge in [-0.05, 0) is 36.8 Å². The highest BCUT2D eigenvalue weighted by atomic mass is 32.2. The Morgan fingerprint density at radius 3 is 2.84 bits per heavy atom. The van der Waals surface area contributed by atoms with E-state index in [2.05, 4.69) is 39.4 Å². The first kappa shape index (κ1) is 20.2. The van der Waals surface area contributed by atoms with Crippen molar-refractivity contribution in [3.8, 4) is 0 Å². The van der Waals surface area contributed by atoms with E-state index in [0.717, 1.165) is 42.2 Å². The van der Waals surface area contributed by atoms with Crippen molar-refractivity contribution in [2.45, 2.75) is 17.4 Å². The molecule has 32 heavy (non-hydrogen) atoms. The van der Waals surface area contributed by atoms with Gasteiger partial charge in [0.15, 0.2) is 0 Å². The summed E-state index contributed by atoms with van der Waals surface area (Å²) in [4.78, 5) is 24.7. The third-order valence-electron chi connectivity index (χ3n) is 5.65. The van der Waals surface area contributed by atoms with Crippen molar-refractivity contribution in [1.82, 2.24) is 24.9 Å². The molecule has 0 aliphatic carbocycles. The van der Waals surface area contributed by atoms with Crippen LogP contribution in [0.2, 0.25) is 0 Å². The van der Waals surface area contributed by atoms with Crippen LogP contribution in [0.15, 0.2) is 66.3 Å². The highest BCUT2D eigenvalue weighted by Gasteiger charge is 2.28. The largest absolute Gasteiger partial charge is 0.355 e. The zero-order valence-corrected chi connectivity index (χ0v) is 18.2. The molecule has 0 saturated carbocycles. The highest BCUT2D eigenvalue weighted by Crippen LogP contribution is 2.28. The number of nitrogens with one attached hydrogen (secondary N) is 2. The molecular weight excluding hydrogens is 428 g/mol. The molecule has 4 aromatic heterocycles. The number of aromatic nitrogens is 5. The minimum absolute atomic E-state index is 0.105. The predicted molar refractivity (Wildman–Crippen MR) is 122 cm³/mol. The lowest BCUT2D eigenvalue weighted by Gasteiger charge is -2.26. The minimum atomic E-state index is -3.70. The number of pyridine rings is 2. The summed E-state index contributed by atoms with van der Waals surface area (Å²) in [6.07, 6.45) is 8.78. The highest BCUT2D eigenvalue weighted by molar-refractivity contribution is 7.92. The van der Waals surface area contributed by atoms with Crippen molar-refractivity contribution in [1.29, 1.82) is 0 Å². The number of nitrogens with zero attached hydrogens (tertiary/aromatic N) is 6. The summed E-state index contributed by atoms with van der Waals surface area (Å²) in [6.45, 7) is 1.69. The van der Waals surface area contributed by atoms with Crippen LogP contribution in [0.25, 0.3) is 11.0 Å². The molecule has 2 N–H and O–H groups in total. The van der Waals surface area contributed by atoms with Gasteiger partial charge in [0, 0.05) is 44.8 Å². The first-order valence-corrected chi connectivity index (χ1v) is 11.6. The molecule has 1 unspecified atom stereocenters. The van der Waals surface area contributed by atoms with Crippen LogP contribution in [0.5, 0.6) is 0 Å². The number of hydrogen-bond acceptors (Lipinski definition) is 8. The Morgan fingerprint density at radius 2 is 2.06 bits per heavy atom. The van der Waals surface area contributed by atoms with E-state index in [0.29, 0.717) is 5.69 Å². The Hall–Kier alpha value is -3.73. The third-order valence-corrected chi connectivity index (χ3v) is 7.02. The number of fused-ring (bicyclic) bond motifs is 1. The second-order valence-electron chi connectivity index (χ2n) is 7.64. The average molecular weight is 451 g/mol. The van der Waals surface area contributed by atoms with Crippen LogP contribution < -0.4 is 14.5 Å². The maximum atomic E-state index is 12.5. The summed E-state index contributed by atoms with van der Waals surface area (Å²) >= 11 is 0. The Bertz CT molecular complexity index is 1320. The summed E-state index contributed by atoms with van der Waals surface area (Å²) in [7, 11) is -1.70. The van der Waals surface area contributed by atoms with E-state index in [1.165, 1.54) is 24.7 Å². The lowest BCUT2D eigenvalue weighted by atomic mass is 10.2. The van der Waals surface area contributed by atoms with E-state index < -0.39 is 10.0 Å². The second kappa shape index (κ2) is 8.08. The monoisotopic (exact) mass is 450 g/mol. The van der Waals surface area contributed by atoms with Gasteiger partial charge in [-0.15, -0.1) is 0 Å². The van der Waals surface area contributed by atoms with E-state index >= 15 is 0 Å². The van der Waals surface area contributed by atoms with Gasteiger partial charge in [-0.1, -0.05) is 0 Å². The number of sulfonamides is 1. The fourth-order valence-electron chi connectivity index (χ4n) is 3.92. The van der Waals surface area contributed by atoms with Crippen molar-refractivity contribution in [3.05, 3.63) is 61.4 Å². The maximum Gasteiger partial charge on any atom is 0.263 e. The van der Waals surface area contributed by atoms with Crippen LogP contribution in [0.1, 0.15) is 6.42 Å². The standard InChI is InChI=1S/C21H22N8O2S/c1-28(16-7-10-29(13-16)21-18-6-9-23-20(18)25-14-26-21)19-5-4-15(11-24-19)27-32(30,31)17-3-2-8-22-12-17/h2-6,8-9,11-12,14,16,27H,7,10,13H2,1H3,(H,23,25,26). The van der Waals surface area contributed by atoms with Crippen molar-refractivity contribution >= 4 is 38.4 Å². The van der Waals surface area contributed by atoms with E-state index in [9.17, 15) is 8.42 Å². The lowest BCUT2D eigenvalue weighted by Crippen LogP contribution is -2.35. The van der Waals surface area contributed by atoms with Crippen LogP contribution >= 0.6 is 0 Å². The molecule has 1 aliphatic heterocycles. The molecule has 164 valence electrons. The predicted octanol–water partition coefficient (Wildman–Crippen LogP) is 2.26. The van der Waals surface area contributed by atoms with Crippen LogP contribution in [0.4, 0.5) is 17.3 Å². The molecule has 5 heterocycles. The molecule has 10 nitrogen and oxygen atoms in total. The quantitative estimate of drug-likeness (QED) is 0.459. The van der Waals surface area contributed by atoms with Crippen molar-refractivity contribution < 1.29 is 8.42 Å². The van der Waals surface area contributed by atoms with Crippen molar-refractivity contribution in [3.63, 3.8) is 0 Å². The van der Waals surface area contributed by atoms with Crippen molar-refractivity contribution in [2.75, 3.05) is 34.7 Å². The molecular formula is C21H22N8O2S. The van der Waals surface area contributed by atoms with E-state index in [4.69, 9.17) is 0 Å². The van der Waals surface area contributed by atoms with Gasteiger partial charge in [0.1, 0.15) is 28.5 Å². The zero-order chi connectivity index (χ0) is 22.1. The summed E-state index contributed by atoms with van der Waals surface area (Å²) < 4.78 is 27.5. The smallest absolute Gasteiger partial charge is 0.263 e. The molecule has 1 aliphatic rings. The number of H-pyrrole nitrogens is 1. The first-order valence-electron chi connectivity index (χ1n) is 10.2. The number of anilines is 3. The van der Waals surface area contributed by atoms with Gasteiger partial charge in [-0.2, -0.15) is 0 Å². The summed E-state index contributed by atoms with van der Waals surface area (Å²) in [5, 5.41) is 1.01. The lowest BCUT2D eigenvalue weighted by molar-refractivity contribution is 0.601. The summed E-state index contributed by atoms with van der Waals surface area (Å²) in [5.41, 5.74) is 1.23. The Kier molecular flexibility index (Phi) is 5.10. The van der Waals surface area contributed by atoms with Gasteiger partial charge >= 0.3 is 0 Å². The molecule has 0 spiro atoms. The second-order valence-corrected chi connectivity index (χ2v) is 9.32. The molecule has 0 amide bonds. The number of likely N-dealkylation sites (N-methyl/N-ethyl adjacent to an activating group) is 1. The van der Waals surface area contributed by atoms with Crippen molar-refractivity contribution in [2.24, 2.45) is 0 Å². The number of aromatic amines is 1. The van der Waals surface area contributed by atoms with Gasteiger partial charge in [-0.25, -0.2) is 23.4 Å². The minimum Gasteiger partial charge on any atom is -0.355 e. The number of rotatable bonds is 6. The first-order chi connectivity index (χ1) is 15.5. The summed E-state index contributed by atoms with van der Waals surface area (Å²) in [5.74, 6) is 1.70. The number of hydrogen-bond donors (Lipinski definition) is 2. The van der Waals surface area contributed by atoms with Gasteiger partial charge in [0.25, 0.3) is 10.0 Å². The maximum absolute atomic E-state index is 12.5. The SMILES string of the molecule is CN(c1ccc(NS(=O)(=O)c2cccnc2)cn1)C1CCN(c2ncnc3[nH]ccc23)C1. The molecule has 0 bridgehead atoms. The topological polar surface area (TPSA) is 120 Å². The average Bonchev–Trinajstić information content (AvgIpc) is 3.49. The summed E-state index contributed by atoms with van der Waals surface area (Å²) in [6, 6.07) is 8.86. The molecule has 0 aromatic carbocycles. The molecule has 0 radical (unpaired) electrons. The molecule has 1 saturated heterocycles. The molecule has 1 atom stereocenters. The molecule has 4 aromatic rings. The normalized spacial score (nSPS) is 16.4. The Balaban J connectivity index is 1.27. The fraction of sp³-hybridized carbons (Fsp3) is 0.238.